The lowest BCUT2D eigenvalue weighted by atomic mass is 9.51. The fourth-order valence-electron chi connectivity index (χ4n) is 4.28. The summed E-state index contributed by atoms with van der Waals surface area (Å²) in [4.78, 5) is 11.7. The van der Waals surface area contributed by atoms with Crippen molar-refractivity contribution in [3.63, 3.8) is 0 Å². The summed E-state index contributed by atoms with van der Waals surface area (Å²) in [5, 5.41) is 0. The van der Waals surface area contributed by atoms with Crippen LogP contribution in [0, 0.1) is 17.3 Å². The first-order chi connectivity index (χ1) is 6.29. The van der Waals surface area contributed by atoms with E-state index in [-0.39, 0.29) is 0 Å². The summed E-state index contributed by atoms with van der Waals surface area (Å²) in [6.07, 6.45) is 6.06. The molecule has 0 aromatic rings. The van der Waals surface area contributed by atoms with Crippen molar-refractivity contribution in [1.29, 1.82) is 0 Å². The predicted octanol–water partition coefficient (Wildman–Crippen LogP) is 1.78. The molecule has 0 aromatic carbocycles. The highest BCUT2D eigenvalue weighted by atomic mass is 16.5. The lowest BCUT2D eigenvalue weighted by molar-refractivity contribution is -0.178. The van der Waals surface area contributed by atoms with Gasteiger partial charge in [0, 0.05) is 24.9 Å². The normalized spacial score (nSPS) is 53.0. The number of methoxy groups -OCH3 is 1. The molecule has 1 spiro atoms. The van der Waals surface area contributed by atoms with E-state index in [1.54, 1.807) is 7.11 Å². The van der Waals surface area contributed by atoms with Gasteiger partial charge in [0.2, 0.25) is 0 Å². The molecule has 0 radical (unpaired) electrons. The zero-order valence-corrected chi connectivity index (χ0v) is 8.08. The lowest BCUT2D eigenvalue weighted by Crippen LogP contribution is -2.60. The van der Waals surface area contributed by atoms with Crippen LogP contribution in [0.2, 0.25) is 0 Å². The van der Waals surface area contributed by atoms with E-state index in [4.69, 9.17) is 4.74 Å². The molecular formula is C11H16O2. The molecule has 0 heterocycles. The van der Waals surface area contributed by atoms with E-state index in [0.717, 1.165) is 12.8 Å². The molecule has 0 saturated heterocycles. The average molecular weight is 180 g/mol. The standard InChI is InChI=1S/C11H16O2/c1-13-10-7-4-6-11(10)5-2-3-8(12)9(7)11/h7,9-10H,2-6H2,1H3/t7-,9+,10+,11+/m0/s1. The number of carbonyl (C=O) groups excluding carboxylic acids is 1. The fourth-order valence-corrected chi connectivity index (χ4v) is 4.28. The zero-order valence-electron chi connectivity index (χ0n) is 8.08. The van der Waals surface area contributed by atoms with Gasteiger partial charge in [0.05, 0.1) is 6.10 Å². The maximum atomic E-state index is 11.7. The maximum absolute atomic E-state index is 11.7. The molecule has 2 heteroatoms. The van der Waals surface area contributed by atoms with E-state index in [1.165, 1.54) is 19.3 Å². The molecule has 13 heavy (non-hydrogen) atoms. The molecule has 0 aromatic heterocycles. The van der Waals surface area contributed by atoms with Gasteiger partial charge < -0.3 is 4.74 Å². The number of ether oxygens (including phenoxy) is 1. The van der Waals surface area contributed by atoms with Crippen molar-refractivity contribution in [2.24, 2.45) is 17.3 Å². The van der Waals surface area contributed by atoms with Gasteiger partial charge in [-0.1, -0.05) is 0 Å². The van der Waals surface area contributed by atoms with Crippen molar-refractivity contribution in [2.75, 3.05) is 7.11 Å². The Labute approximate surface area is 78.6 Å². The fraction of sp³-hybridized carbons (Fsp3) is 0.909. The molecule has 4 aliphatic carbocycles. The van der Waals surface area contributed by atoms with E-state index in [2.05, 4.69) is 0 Å². The zero-order chi connectivity index (χ0) is 9.05. The Balaban J connectivity index is 1.95. The van der Waals surface area contributed by atoms with Gasteiger partial charge in [-0.2, -0.15) is 0 Å². The number of hydrogen-bond acceptors (Lipinski definition) is 2. The largest absolute Gasteiger partial charge is 0.381 e. The van der Waals surface area contributed by atoms with Crippen LogP contribution in [0.5, 0.6) is 0 Å². The third-order valence-corrected chi connectivity index (χ3v) is 4.61. The van der Waals surface area contributed by atoms with Crippen LogP contribution in [0.4, 0.5) is 0 Å². The maximum Gasteiger partial charge on any atom is 0.137 e. The van der Waals surface area contributed by atoms with Crippen molar-refractivity contribution in [1.82, 2.24) is 0 Å². The van der Waals surface area contributed by atoms with Crippen molar-refractivity contribution in [3.05, 3.63) is 0 Å². The van der Waals surface area contributed by atoms with Crippen molar-refractivity contribution >= 4 is 5.78 Å². The van der Waals surface area contributed by atoms with Gasteiger partial charge in [0.1, 0.15) is 5.78 Å². The van der Waals surface area contributed by atoms with E-state index >= 15 is 0 Å². The van der Waals surface area contributed by atoms with Crippen LogP contribution in [0.1, 0.15) is 32.1 Å². The highest BCUT2D eigenvalue weighted by Crippen LogP contribution is 2.68. The minimum atomic E-state index is 0.300. The third-order valence-electron chi connectivity index (χ3n) is 4.61. The summed E-state index contributed by atoms with van der Waals surface area (Å²) in [5.41, 5.74) is 0.300. The Morgan fingerprint density at radius 1 is 1.46 bits per heavy atom. The lowest BCUT2D eigenvalue weighted by Gasteiger charge is -2.55. The Morgan fingerprint density at radius 3 is 3.08 bits per heavy atom. The van der Waals surface area contributed by atoms with Crippen molar-refractivity contribution in [3.8, 4) is 0 Å². The van der Waals surface area contributed by atoms with Gasteiger partial charge >= 0.3 is 0 Å². The highest BCUT2D eigenvalue weighted by molar-refractivity contribution is 5.85. The topological polar surface area (TPSA) is 26.3 Å². The predicted molar refractivity (Wildman–Crippen MR) is 48.3 cm³/mol. The second-order valence-corrected chi connectivity index (χ2v) is 4.89. The van der Waals surface area contributed by atoms with Crippen LogP contribution in [0.15, 0.2) is 0 Å². The molecular weight excluding hydrogens is 164 g/mol. The summed E-state index contributed by atoms with van der Waals surface area (Å²) in [5.74, 6) is 1.51. The van der Waals surface area contributed by atoms with Crippen LogP contribution >= 0.6 is 0 Å². The van der Waals surface area contributed by atoms with Gasteiger partial charge in [0.15, 0.2) is 0 Å². The van der Waals surface area contributed by atoms with Gasteiger partial charge in [-0.05, 0) is 31.6 Å². The highest BCUT2D eigenvalue weighted by Gasteiger charge is 2.69. The Kier molecular flexibility index (Phi) is 1.44. The van der Waals surface area contributed by atoms with Crippen molar-refractivity contribution in [2.45, 2.75) is 38.2 Å². The monoisotopic (exact) mass is 180 g/mol. The Hall–Kier alpha value is -0.370. The third kappa shape index (κ3) is 0.723. The minimum Gasteiger partial charge on any atom is -0.381 e. The molecule has 2 nitrogen and oxygen atoms in total. The van der Waals surface area contributed by atoms with E-state index in [0.29, 0.717) is 29.1 Å². The second-order valence-electron chi connectivity index (χ2n) is 4.89. The van der Waals surface area contributed by atoms with Crippen LogP contribution in [0.3, 0.4) is 0 Å². The Bertz CT molecular complexity index is 261. The molecule has 4 saturated carbocycles. The second kappa shape index (κ2) is 2.35. The van der Waals surface area contributed by atoms with E-state index in [9.17, 15) is 4.79 Å². The summed E-state index contributed by atoms with van der Waals surface area (Å²) < 4.78 is 5.53. The van der Waals surface area contributed by atoms with Crippen LogP contribution in [0.25, 0.3) is 0 Å². The van der Waals surface area contributed by atoms with Gasteiger partial charge in [-0.15, -0.1) is 0 Å². The van der Waals surface area contributed by atoms with Crippen LogP contribution in [-0.4, -0.2) is 19.0 Å². The van der Waals surface area contributed by atoms with E-state index in [1.807, 2.05) is 0 Å². The summed E-state index contributed by atoms with van der Waals surface area (Å²) in [6.45, 7) is 0. The molecule has 2 bridgehead atoms. The number of Topliss-reactive ketones (excluding diaryl/α,β-unsaturated/α-hetero) is 1. The molecule has 0 N–H and O–H groups in total. The minimum absolute atomic E-state index is 0.300. The van der Waals surface area contributed by atoms with Crippen molar-refractivity contribution < 1.29 is 9.53 Å². The summed E-state index contributed by atoms with van der Waals surface area (Å²) in [7, 11) is 1.81. The number of rotatable bonds is 1. The first kappa shape index (κ1) is 7.98. The summed E-state index contributed by atoms with van der Waals surface area (Å²) in [6, 6.07) is 0. The molecule has 4 atom stereocenters. The smallest absolute Gasteiger partial charge is 0.137 e. The number of hydrogen-bond donors (Lipinski definition) is 0. The Morgan fingerprint density at radius 2 is 2.31 bits per heavy atom. The SMILES string of the molecule is CO[C@@H]1[C@H]2CC[C@@]13CCCC(=O)[C@@H]23. The molecule has 0 amide bonds. The van der Waals surface area contributed by atoms with Crippen LogP contribution < -0.4 is 0 Å². The van der Waals surface area contributed by atoms with Crippen LogP contribution in [-0.2, 0) is 9.53 Å². The number of fused-ring (bicyclic) bond motifs is 1. The van der Waals surface area contributed by atoms with Gasteiger partial charge in [-0.25, -0.2) is 0 Å². The first-order valence-electron chi connectivity index (χ1n) is 5.35. The average Bonchev–Trinajstić information content (AvgIpc) is 2.61. The molecule has 72 valence electrons. The molecule has 0 unspecified atom stereocenters. The molecule has 4 fully saturated rings. The number of carbonyl (C=O) groups is 1. The van der Waals surface area contributed by atoms with Gasteiger partial charge in [0.25, 0.3) is 0 Å². The quantitative estimate of drug-likeness (QED) is 0.615. The summed E-state index contributed by atoms with van der Waals surface area (Å²) >= 11 is 0. The van der Waals surface area contributed by atoms with E-state index < -0.39 is 0 Å². The molecule has 4 rings (SSSR count). The molecule has 0 aliphatic heterocycles. The van der Waals surface area contributed by atoms with Gasteiger partial charge in [-0.3, -0.25) is 4.79 Å². The first-order valence-corrected chi connectivity index (χ1v) is 5.35. The number of ketones is 1. The molecule has 4 aliphatic rings.